The topological polar surface area (TPSA) is 26.2 Å². The molecular formula is C50H33N3O. The monoisotopic (exact) mass is 691 g/mol. The van der Waals surface area contributed by atoms with Crippen molar-refractivity contribution in [2.75, 3.05) is 4.90 Å². The van der Waals surface area contributed by atoms with Crippen LogP contribution in [-0.4, -0.2) is 9.13 Å². The van der Waals surface area contributed by atoms with E-state index in [2.05, 4.69) is 202 Å². The summed E-state index contributed by atoms with van der Waals surface area (Å²) in [5, 5.41) is 5.95. The maximum absolute atomic E-state index is 6.19. The van der Waals surface area contributed by atoms with Gasteiger partial charge in [0.05, 0.1) is 11.0 Å². The van der Waals surface area contributed by atoms with Crippen LogP contribution < -0.4 is 4.90 Å². The highest BCUT2D eigenvalue weighted by Gasteiger charge is 2.24. The van der Waals surface area contributed by atoms with E-state index in [9.17, 15) is 0 Å². The molecule has 0 aliphatic carbocycles. The van der Waals surface area contributed by atoms with Crippen LogP contribution in [0.1, 0.15) is 0 Å². The molecule has 0 fully saturated rings. The molecule has 0 N–H and O–H groups in total. The SMILES string of the molecule is c1ccc(N(c2ccc(-c3cccc4c3c3c5ccccc5n(-c5ccccc5)c3n4-c3ccccc3)cc2)c2ccc3oc4ccccc4c3c2)cc1. The Morgan fingerprint density at radius 2 is 0.926 bits per heavy atom. The van der Waals surface area contributed by atoms with Crippen LogP contribution in [0.5, 0.6) is 0 Å². The van der Waals surface area contributed by atoms with Crippen molar-refractivity contribution in [2.24, 2.45) is 0 Å². The van der Waals surface area contributed by atoms with Crippen LogP contribution in [0.4, 0.5) is 17.1 Å². The van der Waals surface area contributed by atoms with Gasteiger partial charge in [0.15, 0.2) is 0 Å². The van der Waals surface area contributed by atoms with Gasteiger partial charge >= 0.3 is 0 Å². The Morgan fingerprint density at radius 3 is 1.67 bits per heavy atom. The molecule has 11 rings (SSSR count). The van der Waals surface area contributed by atoms with Crippen LogP contribution in [0.3, 0.4) is 0 Å². The number of hydrogen-bond acceptors (Lipinski definition) is 2. The first-order valence-electron chi connectivity index (χ1n) is 18.4. The van der Waals surface area contributed by atoms with Crippen molar-refractivity contribution in [3.05, 3.63) is 200 Å². The second-order valence-electron chi connectivity index (χ2n) is 13.8. The average Bonchev–Trinajstić information content (AvgIpc) is 3.89. The first-order chi connectivity index (χ1) is 26.8. The molecule has 0 spiro atoms. The molecule has 0 saturated carbocycles. The molecule has 4 nitrogen and oxygen atoms in total. The van der Waals surface area contributed by atoms with Gasteiger partial charge in [-0.05, 0) is 96.1 Å². The summed E-state index contributed by atoms with van der Waals surface area (Å²) in [6.07, 6.45) is 0. The number of rotatable bonds is 6. The second kappa shape index (κ2) is 12.1. The van der Waals surface area contributed by atoms with Crippen LogP contribution in [0.25, 0.3) is 77.3 Å². The highest BCUT2D eigenvalue weighted by atomic mass is 16.3. The van der Waals surface area contributed by atoms with E-state index in [1.165, 1.54) is 32.8 Å². The Morgan fingerprint density at radius 1 is 0.370 bits per heavy atom. The lowest BCUT2D eigenvalue weighted by atomic mass is 9.98. The molecular weight excluding hydrogens is 659 g/mol. The summed E-state index contributed by atoms with van der Waals surface area (Å²) in [6.45, 7) is 0. The lowest BCUT2D eigenvalue weighted by Gasteiger charge is -2.25. The molecule has 3 heterocycles. The smallest absolute Gasteiger partial charge is 0.135 e. The fourth-order valence-corrected chi connectivity index (χ4v) is 8.37. The van der Waals surface area contributed by atoms with Crippen LogP contribution in [-0.2, 0) is 0 Å². The summed E-state index contributed by atoms with van der Waals surface area (Å²) in [5.74, 6) is 0. The van der Waals surface area contributed by atoms with Crippen molar-refractivity contribution in [1.29, 1.82) is 0 Å². The highest BCUT2D eigenvalue weighted by Crippen LogP contribution is 2.45. The number of hydrogen-bond donors (Lipinski definition) is 0. The van der Waals surface area contributed by atoms with Crippen molar-refractivity contribution in [2.45, 2.75) is 0 Å². The molecule has 0 radical (unpaired) electrons. The van der Waals surface area contributed by atoms with Gasteiger partial charge in [-0.25, -0.2) is 0 Å². The molecule has 3 aromatic heterocycles. The van der Waals surface area contributed by atoms with E-state index in [1.807, 2.05) is 12.1 Å². The molecule has 0 unspecified atom stereocenters. The largest absolute Gasteiger partial charge is 0.456 e. The summed E-state index contributed by atoms with van der Waals surface area (Å²) >= 11 is 0. The van der Waals surface area contributed by atoms with Gasteiger partial charge in [-0.1, -0.05) is 115 Å². The van der Waals surface area contributed by atoms with E-state index in [0.29, 0.717) is 0 Å². The molecule has 4 heteroatoms. The van der Waals surface area contributed by atoms with Gasteiger partial charge in [-0.2, -0.15) is 0 Å². The zero-order valence-corrected chi connectivity index (χ0v) is 29.3. The fraction of sp³-hybridized carbons (Fsp3) is 0. The number of benzene rings is 8. The average molecular weight is 692 g/mol. The standard InChI is InChI=1S/C50H33N3O/c1-4-15-35(16-5-1)51(39-31-32-47-43(33-39)41-21-11-13-26-46(41)54-47)38-29-27-34(28-30-38)40-23-14-25-45-48(40)49-42-22-10-12-24-44(42)52(36-17-6-2-7-18-36)50(49)53(45)37-19-8-3-9-20-37/h1-33H. The minimum Gasteiger partial charge on any atom is -0.456 e. The van der Waals surface area contributed by atoms with Gasteiger partial charge in [0.25, 0.3) is 0 Å². The van der Waals surface area contributed by atoms with Crippen molar-refractivity contribution >= 4 is 71.8 Å². The maximum Gasteiger partial charge on any atom is 0.135 e. The maximum atomic E-state index is 6.19. The minimum absolute atomic E-state index is 0.888. The lowest BCUT2D eigenvalue weighted by molar-refractivity contribution is 0.669. The van der Waals surface area contributed by atoms with Crippen molar-refractivity contribution < 1.29 is 4.42 Å². The van der Waals surface area contributed by atoms with Crippen molar-refractivity contribution in [3.63, 3.8) is 0 Å². The molecule has 0 amide bonds. The first kappa shape index (κ1) is 30.3. The highest BCUT2D eigenvalue weighted by molar-refractivity contribution is 6.26. The Kier molecular flexibility index (Phi) is 6.82. The van der Waals surface area contributed by atoms with E-state index in [-0.39, 0.29) is 0 Å². The van der Waals surface area contributed by atoms with E-state index in [4.69, 9.17) is 4.42 Å². The summed E-state index contributed by atoms with van der Waals surface area (Å²) in [6, 6.07) is 71.3. The third-order valence-corrected chi connectivity index (χ3v) is 10.7. The normalized spacial score (nSPS) is 11.7. The fourth-order valence-electron chi connectivity index (χ4n) is 8.37. The summed E-state index contributed by atoms with van der Waals surface area (Å²) in [4.78, 5) is 2.32. The Balaban J connectivity index is 1.13. The van der Waals surface area contributed by atoms with Gasteiger partial charge in [0.1, 0.15) is 16.8 Å². The van der Waals surface area contributed by atoms with Gasteiger partial charge < -0.3 is 9.32 Å². The van der Waals surface area contributed by atoms with E-state index in [0.717, 1.165) is 61.6 Å². The number of nitrogens with zero attached hydrogens (tertiary/aromatic N) is 3. The lowest BCUT2D eigenvalue weighted by Crippen LogP contribution is -2.09. The molecule has 0 aliphatic rings. The minimum atomic E-state index is 0.888. The number of furan rings is 1. The van der Waals surface area contributed by atoms with Gasteiger partial charge in [-0.3, -0.25) is 9.13 Å². The zero-order chi connectivity index (χ0) is 35.6. The molecule has 0 aliphatic heterocycles. The van der Waals surface area contributed by atoms with Crippen LogP contribution >= 0.6 is 0 Å². The number of fused-ring (bicyclic) bond motifs is 8. The molecule has 0 atom stereocenters. The third-order valence-electron chi connectivity index (χ3n) is 10.7. The van der Waals surface area contributed by atoms with Crippen molar-refractivity contribution in [3.8, 4) is 22.5 Å². The number of para-hydroxylation sites is 5. The molecule has 0 saturated heterocycles. The van der Waals surface area contributed by atoms with Gasteiger partial charge in [0.2, 0.25) is 0 Å². The Hall–Kier alpha value is -7.30. The zero-order valence-electron chi connectivity index (χ0n) is 29.3. The van der Waals surface area contributed by atoms with Crippen molar-refractivity contribution in [1.82, 2.24) is 9.13 Å². The second-order valence-corrected chi connectivity index (χ2v) is 13.8. The molecule has 254 valence electrons. The summed E-state index contributed by atoms with van der Waals surface area (Å²) in [5.41, 5.74) is 13.2. The van der Waals surface area contributed by atoms with Crippen LogP contribution in [0.2, 0.25) is 0 Å². The van der Waals surface area contributed by atoms with E-state index < -0.39 is 0 Å². The molecule has 0 bridgehead atoms. The number of aromatic nitrogens is 2. The Labute approximate surface area is 312 Å². The first-order valence-corrected chi connectivity index (χ1v) is 18.4. The Bertz CT molecular complexity index is 3140. The van der Waals surface area contributed by atoms with Gasteiger partial charge in [0, 0.05) is 55.4 Å². The van der Waals surface area contributed by atoms with E-state index in [1.54, 1.807) is 0 Å². The van der Waals surface area contributed by atoms with Gasteiger partial charge in [-0.15, -0.1) is 0 Å². The predicted molar refractivity (Wildman–Crippen MR) is 225 cm³/mol. The molecule has 8 aromatic carbocycles. The summed E-state index contributed by atoms with van der Waals surface area (Å²) < 4.78 is 11.0. The molecule has 11 aromatic rings. The van der Waals surface area contributed by atoms with Crippen LogP contribution in [0.15, 0.2) is 205 Å². The predicted octanol–water partition coefficient (Wildman–Crippen LogP) is 13.8. The molecule has 54 heavy (non-hydrogen) atoms. The quantitative estimate of drug-likeness (QED) is 0.173. The third kappa shape index (κ3) is 4.64. The number of anilines is 3. The van der Waals surface area contributed by atoms with E-state index >= 15 is 0 Å². The van der Waals surface area contributed by atoms with Crippen LogP contribution in [0, 0.1) is 0 Å². The summed E-state index contributed by atoms with van der Waals surface area (Å²) in [7, 11) is 0.